The molecule has 1 aromatic heterocycles. The van der Waals surface area contributed by atoms with Crippen LogP contribution in [0.5, 0.6) is 0 Å². The van der Waals surface area contributed by atoms with Gasteiger partial charge < -0.3 is 15.5 Å². The molecular formula is C17H15N5O2. The Hall–Kier alpha value is -3.40. The predicted octanol–water partition coefficient (Wildman–Crippen LogP) is 1.02. The number of piperazine rings is 1. The zero-order chi connectivity index (χ0) is 17.1. The minimum Gasteiger partial charge on any atom is -0.384 e. The number of nitrogens with zero attached hydrogens (tertiary/aromatic N) is 4. The summed E-state index contributed by atoms with van der Waals surface area (Å²) in [5.74, 6) is -0.137. The van der Waals surface area contributed by atoms with Gasteiger partial charge in [-0.05, 0) is 36.4 Å². The molecule has 1 fully saturated rings. The molecule has 2 N–H and O–H groups in total. The van der Waals surface area contributed by atoms with Crippen LogP contribution in [0, 0.1) is 11.3 Å². The molecule has 7 heteroatoms. The molecule has 0 atom stereocenters. The largest absolute Gasteiger partial charge is 0.384 e. The third kappa shape index (κ3) is 3.03. The van der Waals surface area contributed by atoms with Crippen LogP contribution in [0.3, 0.4) is 0 Å². The lowest BCUT2D eigenvalue weighted by Gasteiger charge is -2.34. The Morgan fingerprint density at radius 3 is 2.58 bits per heavy atom. The van der Waals surface area contributed by atoms with Crippen molar-refractivity contribution in [1.82, 2.24) is 9.88 Å². The van der Waals surface area contributed by atoms with Crippen LogP contribution < -0.4 is 10.6 Å². The lowest BCUT2D eigenvalue weighted by Crippen LogP contribution is -2.52. The Morgan fingerprint density at radius 2 is 1.96 bits per heavy atom. The topological polar surface area (TPSA) is 103 Å². The van der Waals surface area contributed by atoms with Crippen LogP contribution in [-0.2, 0) is 4.79 Å². The zero-order valence-electron chi connectivity index (χ0n) is 12.8. The molecule has 2 heterocycles. The van der Waals surface area contributed by atoms with Gasteiger partial charge in [-0.15, -0.1) is 0 Å². The maximum atomic E-state index is 12.5. The number of benzene rings is 1. The summed E-state index contributed by atoms with van der Waals surface area (Å²) in [5.41, 5.74) is 7.27. The van der Waals surface area contributed by atoms with E-state index in [1.165, 1.54) is 17.2 Å². The van der Waals surface area contributed by atoms with Crippen molar-refractivity contribution in [3.8, 4) is 6.07 Å². The van der Waals surface area contributed by atoms with Crippen LogP contribution in [0.4, 0.5) is 11.5 Å². The van der Waals surface area contributed by atoms with Gasteiger partial charge in [-0.1, -0.05) is 0 Å². The molecule has 0 spiro atoms. The van der Waals surface area contributed by atoms with Crippen molar-refractivity contribution in [3.05, 3.63) is 53.7 Å². The minimum atomic E-state index is -0.239. The molecule has 1 aliphatic heterocycles. The molecule has 0 saturated carbocycles. The van der Waals surface area contributed by atoms with Gasteiger partial charge in [0.05, 0.1) is 11.6 Å². The normalized spacial score (nSPS) is 14.4. The first-order valence-corrected chi connectivity index (χ1v) is 7.40. The number of aromatic nitrogens is 1. The number of nitrogens with two attached hydrogens (primary N) is 1. The van der Waals surface area contributed by atoms with Gasteiger partial charge in [-0.25, -0.2) is 4.98 Å². The van der Waals surface area contributed by atoms with Gasteiger partial charge in [0.25, 0.3) is 5.91 Å². The van der Waals surface area contributed by atoms with Gasteiger partial charge in [0.15, 0.2) is 0 Å². The van der Waals surface area contributed by atoms with Crippen molar-refractivity contribution < 1.29 is 9.59 Å². The molecule has 0 aliphatic carbocycles. The van der Waals surface area contributed by atoms with Crippen LogP contribution >= 0.6 is 0 Å². The SMILES string of the molecule is N#Cc1ccc(N2CCN(C(=O)c3ccnc(N)c3)CC2=O)cc1. The maximum absolute atomic E-state index is 12.5. The van der Waals surface area contributed by atoms with E-state index < -0.39 is 0 Å². The first-order valence-electron chi connectivity index (χ1n) is 7.40. The molecule has 0 unspecified atom stereocenters. The van der Waals surface area contributed by atoms with Crippen LogP contribution in [0.25, 0.3) is 0 Å². The predicted molar refractivity (Wildman–Crippen MR) is 88.1 cm³/mol. The fourth-order valence-electron chi connectivity index (χ4n) is 2.60. The number of carbonyl (C=O) groups is 2. The molecule has 24 heavy (non-hydrogen) atoms. The molecule has 0 radical (unpaired) electrons. The van der Waals surface area contributed by atoms with Gasteiger partial charge in [-0.3, -0.25) is 9.59 Å². The minimum absolute atomic E-state index is 0.00105. The fourth-order valence-corrected chi connectivity index (χ4v) is 2.60. The fraction of sp³-hybridized carbons (Fsp3) is 0.176. The summed E-state index contributed by atoms with van der Waals surface area (Å²) in [6.07, 6.45) is 1.47. The highest BCUT2D eigenvalue weighted by Gasteiger charge is 2.28. The van der Waals surface area contributed by atoms with Crippen LogP contribution in [0.1, 0.15) is 15.9 Å². The van der Waals surface area contributed by atoms with E-state index >= 15 is 0 Å². The quantitative estimate of drug-likeness (QED) is 0.889. The lowest BCUT2D eigenvalue weighted by molar-refractivity contribution is -0.120. The van der Waals surface area contributed by atoms with Gasteiger partial charge in [-0.2, -0.15) is 5.26 Å². The molecular weight excluding hydrogens is 306 g/mol. The molecule has 1 saturated heterocycles. The van der Waals surface area contributed by atoms with Crippen molar-refractivity contribution in [2.24, 2.45) is 0 Å². The standard InChI is InChI=1S/C17H15N5O2/c18-10-12-1-3-14(4-2-12)22-8-7-21(11-16(22)23)17(24)13-5-6-20-15(19)9-13/h1-6,9H,7-8,11H2,(H2,19,20). The third-order valence-electron chi connectivity index (χ3n) is 3.84. The van der Waals surface area contributed by atoms with E-state index in [-0.39, 0.29) is 24.2 Å². The van der Waals surface area contributed by atoms with Crippen LogP contribution in [0.15, 0.2) is 42.6 Å². The molecule has 1 aliphatic rings. The molecule has 120 valence electrons. The number of anilines is 2. The molecule has 2 amide bonds. The highest BCUT2D eigenvalue weighted by atomic mass is 16.2. The first-order chi connectivity index (χ1) is 11.6. The van der Waals surface area contributed by atoms with Gasteiger partial charge in [0, 0.05) is 30.5 Å². The summed E-state index contributed by atoms with van der Waals surface area (Å²) in [5, 5.41) is 8.83. The number of hydrogen-bond acceptors (Lipinski definition) is 5. The maximum Gasteiger partial charge on any atom is 0.254 e. The Labute approximate surface area is 138 Å². The summed E-state index contributed by atoms with van der Waals surface area (Å²) in [6.45, 7) is 0.824. The highest BCUT2D eigenvalue weighted by Crippen LogP contribution is 2.19. The second kappa shape index (κ2) is 6.38. The van der Waals surface area contributed by atoms with Crippen molar-refractivity contribution in [3.63, 3.8) is 0 Å². The van der Waals surface area contributed by atoms with E-state index in [0.29, 0.717) is 24.2 Å². The average molecular weight is 321 g/mol. The number of pyridine rings is 1. The number of amides is 2. The molecule has 3 rings (SSSR count). The van der Waals surface area contributed by atoms with Crippen molar-refractivity contribution in [2.75, 3.05) is 30.3 Å². The van der Waals surface area contributed by atoms with E-state index in [9.17, 15) is 9.59 Å². The molecule has 0 bridgehead atoms. The Balaban J connectivity index is 1.72. The Kier molecular flexibility index (Phi) is 4.12. The summed E-state index contributed by atoms with van der Waals surface area (Å²) in [4.78, 5) is 31.8. The van der Waals surface area contributed by atoms with Gasteiger partial charge >= 0.3 is 0 Å². The van der Waals surface area contributed by atoms with E-state index in [0.717, 1.165) is 5.69 Å². The second-order valence-electron chi connectivity index (χ2n) is 5.40. The second-order valence-corrected chi connectivity index (χ2v) is 5.40. The van der Waals surface area contributed by atoms with Gasteiger partial charge in [0.1, 0.15) is 12.4 Å². The monoisotopic (exact) mass is 321 g/mol. The number of rotatable bonds is 2. The first kappa shape index (κ1) is 15.5. The van der Waals surface area contributed by atoms with Crippen LogP contribution in [-0.4, -0.2) is 41.3 Å². The van der Waals surface area contributed by atoms with Crippen LogP contribution in [0.2, 0.25) is 0 Å². The molecule has 1 aromatic carbocycles. The van der Waals surface area contributed by atoms with E-state index in [2.05, 4.69) is 4.98 Å². The third-order valence-corrected chi connectivity index (χ3v) is 3.84. The average Bonchev–Trinajstić information content (AvgIpc) is 2.61. The smallest absolute Gasteiger partial charge is 0.254 e. The van der Waals surface area contributed by atoms with Gasteiger partial charge in [0.2, 0.25) is 5.91 Å². The van der Waals surface area contributed by atoms with Crippen molar-refractivity contribution in [2.45, 2.75) is 0 Å². The van der Waals surface area contributed by atoms with E-state index in [1.54, 1.807) is 35.2 Å². The summed E-state index contributed by atoms with van der Waals surface area (Å²) in [7, 11) is 0. The molecule has 7 nitrogen and oxygen atoms in total. The number of nitriles is 1. The Bertz CT molecular complexity index is 826. The number of hydrogen-bond donors (Lipinski definition) is 1. The van der Waals surface area contributed by atoms with E-state index in [1.807, 2.05) is 6.07 Å². The van der Waals surface area contributed by atoms with E-state index in [4.69, 9.17) is 11.0 Å². The lowest BCUT2D eigenvalue weighted by atomic mass is 10.1. The Morgan fingerprint density at radius 1 is 1.21 bits per heavy atom. The van der Waals surface area contributed by atoms with Crippen molar-refractivity contribution in [1.29, 1.82) is 5.26 Å². The summed E-state index contributed by atoms with van der Waals surface area (Å²) < 4.78 is 0. The summed E-state index contributed by atoms with van der Waals surface area (Å²) >= 11 is 0. The molecule has 2 aromatic rings. The number of carbonyl (C=O) groups excluding carboxylic acids is 2. The zero-order valence-corrected chi connectivity index (χ0v) is 12.8. The number of nitrogen functional groups attached to an aromatic ring is 1. The van der Waals surface area contributed by atoms with Crippen molar-refractivity contribution >= 4 is 23.3 Å². The highest BCUT2D eigenvalue weighted by molar-refractivity contribution is 6.01. The summed E-state index contributed by atoms with van der Waals surface area (Å²) in [6, 6.07) is 11.9.